The molecule has 0 aliphatic carbocycles. The molecule has 2 aromatic carbocycles. The third kappa shape index (κ3) is 4.34. The molecule has 0 saturated carbocycles. The van der Waals surface area contributed by atoms with Gasteiger partial charge in [-0.15, -0.1) is 0 Å². The fourth-order valence-electron chi connectivity index (χ4n) is 2.78. The van der Waals surface area contributed by atoms with Crippen molar-refractivity contribution in [3.8, 4) is 0 Å². The molecule has 1 fully saturated rings. The number of amides is 1. The third-order valence-corrected chi connectivity index (χ3v) is 4.07. The number of nitrogens with zero attached hydrogens (tertiary/aromatic N) is 1. The monoisotopic (exact) mass is 326 g/mol. The van der Waals surface area contributed by atoms with Gasteiger partial charge in [0, 0.05) is 24.5 Å². The number of morpholine rings is 1. The molecule has 1 heterocycles. The molecule has 0 aromatic heterocycles. The van der Waals surface area contributed by atoms with Crippen molar-refractivity contribution < 1.29 is 14.6 Å². The first-order valence-electron chi connectivity index (χ1n) is 8.18. The van der Waals surface area contributed by atoms with E-state index in [1.54, 1.807) is 0 Å². The Labute approximate surface area is 141 Å². The van der Waals surface area contributed by atoms with Crippen molar-refractivity contribution in [2.75, 3.05) is 36.5 Å². The highest BCUT2D eigenvalue weighted by Crippen LogP contribution is 2.22. The molecular weight excluding hydrogens is 304 g/mol. The summed E-state index contributed by atoms with van der Waals surface area (Å²) in [4.78, 5) is 14.4. The van der Waals surface area contributed by atoms with E-state index in [-0.39, 0.29) is 12.3 Å². The van der Waals surface area contributed by atoms with Crippen LogP contribution in [0.15, 0.2) is 54.6 Å². The van der Waals surface area contributed by atoms with Gasteiger partial charge in [-0.25, -0.2) is 0 Å². The first kappa shape index (κ1) is 16.5. The van der Waals surface area contributed by atoms with E-state index in [9.17, 15) is 9.90 Å². The molecule has 5 nitrogen and oxygen atoms in total. The molecule has 0 bridgehead atoms. The molecule has 5 heteroatoms. The van der Waals surface area contributed by atoms with Crippen LogP contribution in [0.5, 0.6) is 0 Å². The Kier molecular flexibility index (Phi) is 5.46. The zero-order valence-corrected chi connectivity index (χ0v) is 13.5. The van der Waals surface area contributed by atoms with E-state index in [0.717, 1.165) is 43.2 Å². The summed E-state index contributed by atoms with van der Waals surface area (Å²) in [5, 5.41) is 13.0. The number of aliphatic hydroxyl groups excluding tert-OH is 1. The van der Waals surface area contributed by atoms with Crippen molar-refractivity contribution in [1.82, 2.24) is 0 Å². The summed E-state index contributed by atoms with van der Waals surface area (Å²) in [7, 11) is 0. The van der Waals surface area contributed by atoms with Crippen LogP contribution in [-0.2, 0) is 9.53 Å². The minimum Gasteiger partial charge on any atom is -0.388 e. The highest BCUT2D eigenvalue weighted by atomic mass is 16.5. The Balaban J connectivity index is 1.60. The molecule has 0 spiro atoms. The number of hydrogen-bond acceptors (Lipinski definition) is 4. The number of ether oxygens (including phenoxy) is 1. The molecule has 1 unspecified atom stereocenters. The molecule has 0 radical (unpaired) electrons. The lowest BCUT2D eigenvalue weighted by Gasteiger charge is -2.29. The standard InChI is InChI=1S/C19H22N2O3/c22-18(15-5-2-1-3-6-15)14-19(23)20-16-7-4-8-17(13-16)21-9-11-24-12-10-21/h1-8,13,18,22H,9-12,14H2,(H,20,23). The lowest BCUT2D eigenvalue weighted by Crippen LogP contribution is -2.36. The molecule has 3 rings (SSSR count). The van der Waals surface area contributed by atoms with Crippen molar-refractivity contribution in [2.45, 2.75) is 12.5 Å². The summed E-state index contributed by atoms with van der Waals surface area (Å²) < 4.78 is 5.36. The van der Waals surface area contributed by atoms with E-state index in [1.807, 2.05) is 54.6 Å². The van der Waals surface area contributed by atoms with Gasteiger partial charge in [-0.3, -0.25) is 4.79 Å². The maximum Gasteiger partial charge on any atom is 0.227 e. The van der Waals surface area contributed by atoms with Crippen LogP contribution in [0.2, 0.25) is 0 Å². The Morgan fingerprint density at radius 3 is 2.62 bits per heavy atom. The Morgan fingerprint density at radius 2 is 1.88 bits per heavy atom. The molecule has 1 aliphatic rings. The molecule has 24 heavy (non-hydrogen) atoms. The van der Waals surface area contributed by atoms with Crippen LogP contribution in [0.3, 0.4) is 0 Å². The summed E-state index contributed by atoms with van der Waals surface area (Å²) in [6.07, 6.45) is -0.764. The minimum absolute atomic E-state index is 0.0335. The first-order chi connectivity index (χ1) is 11.7. The number of nitrogens with one attached hydrogen (secondary N) is 1. The number of benzene rings is 2. The van der Waals surface area contributed by atoms with Gasteiger partial charge in [-0.05, 0) is 23.8 Å². The first-order valence-corrected chi connectivity index (χ1v) is 8.18. The maximum absolute atomic E-state index is 12.2. The smallest absolute Gasteiger partial charge is 0.227 e. The van der Waals surface area contributed by atoms with E-state index >= 15 is 0 Å². The van der Waals surface area contributed by atoms with Crippen LogP contribution in [0, 0.1) is 0 Å². The highest BCUT2D eigenvalue weighted by Gasteiger charge is 2.14. The second-order valence-corrected chi connectivity index (χ2v) is 5.83. The van der Waals surface area contributed by atoms with Gasteiger partial charge in [-0.2, -0.15) is 0 Å². The number of anilines is 2. The van der Waals surface area contributed by atoms with E-state index in [1.165, 1.54) is 0 Å². The van der Waals surface area contributed by atoms with Crippen molar-refractivity contribution >= 4 is 17.3 Å². The van der Waals surface area contributed by atoms with Gasteiger partial charge in [0.15, 0.2) is 0 Å². The van der Waals surface area contributed by atoms with E-state index in [4.69, 9.17) is 4.74 Å². The highest BCUT2D eigenvalue weighted by molar-refractivity contribution is 5.91. The number of aliphatic hydroxyl groups is 1. The van der Waals surface area contributed by atoms with Crippen molar-refractivity contribution in [3.05, 3.63) is 60.2 Å². The number of rotatable bonds is 5. The average molecular weight is 326 g/mol. The normalized spacial score (nSPS) is 15.8. The van der Waals surface area contributed by atoms with Crippen LogP contribution >= 0.6 is 0 Å². The molecule has 1 atom stereocenters. The largest absolute Gasteiger partial charge is 0.388 e. The van der Waals surface area contributed by atoms with Crippen LogP contribution in [0.1, 0.15) is 18.1 Å². The Morgan fingerprint density at radius 1 is 1.12 bits per heavy atom. The van der Waals surface area contributed by atoms with Gasteiger partial charge in [0.2, 0.25) is 5.91 Å². The molecule has 1 amide bonds. The zero-order valence-electron chi connectivity index (χ0n) is 13.5. The van der Waals surface area contributed by atoms with Gasteiger partial charge in [0.1, 0.15) is 0 Å². The van der Waals surface area contributed by atoms with Crippen molar-refractivity contribution in [3.63, 3.8) is 0 Å². The van der Waals surface area contributed by atoms with Gasteiger partial charge < -0.3 is 20.1 Å². The molecule has 126 valence electrons. The topological polar surface area (TPSA) is 61.8 Å². The average Bonchev–Trinajstić information content (AvgIpc) is 2.63. The lowest BCUT2D eigenvalue weighted by molar-refractivity contribution is -0.118. The van der Waals surface area contributed by atoms with E-state index in [2.05, 4.69) is 10.2 Å². The Hall–Kier alpha value is -2.37. The Bertz CT molecular complexity index is 669. The lowest BCUT2D eigenvalue weighted by atomic mass is 10.1. The van der Waals surface area contributed by atoms with Gasteiger partial charge in [0.25, 0.3) is 0 Å². The maximum atomic E-state index is 12.2. The quantitative estimate of drug-likeness (QED) is 0.886. The minimum atomic E-state index is -0.798. The summed E-state index contributed by atoms with van der Waals surface area (Å²) in [6.45, 7) is 3.15. The summed E-state index contributed by atoms with van der Waals surface area (Å²) in [5.74, 6) is -0.203. The predicted octanol–water partition coefficient (Wildman–Crippen LogP) is 2.59. The van der Waals surface area contributed by atoms with Crippen molar-refractivity contribution in [1.29, 1.82) is 0 Å². The van der Waals surface area contributed by atoms with Crippen LogP contribution < -0.4 is 10.2 Å². The third-order valence-electron chi connectivity index (χ3n) is 4.07. The molecular formula is C19H22N2O3. The molecule has 1 saturated heterocycles. The second-order valence-electron chi connectivity index (χ2n) is 5.83. The fraction of sp³-hybridized carbons (Fsp3) is 0.316. The SMILES string of the molecule is O=C(CC(O)c1ccccc1)Nc1cccc(N2CCOCC2)c1. The van der Waals surface area contributed by atoms with E-state index in [0.29, 0.717) is 0 Å². The van der Waals surface area contributed by atoms with Crippen LogP contribution in [0.4, 0.5) is 11.4 Å². The molecule has 1 aliphatic heterocycles. The fourth-order valence-corrected chi connectivity index (χ4v) is 2.78. The number of hydrogen-bond donors (Lipinski definition) is 2. The second kappa shape index (κ2) is 7.95. The number of carbonyl (C=O) groups excluding carboxylic acids is 1. The van der Waals surface area contributed by atoms with E-state index < -0.39 is 6.10 Å². The van der Waals surface area contributed by atoms with Crippen LogP contribution in [-0.4, -0.2) is 37.3 Å². The predicted molar refractivity (Wildman–Crippen MR) is 94.1 cm³/mol. The summed E-state index contributed by atoms with van der Waals surface area (Å²) in [5.41, 5.74) is 2.55. The van der Waals surface area contributed by atoms with Crippen LogP contribution in [0.25, 0.3) is 0 Å². The van der Waals surface area contributed by atoms with Gasteiger partial charge in [0.05, 0.1) is 25.7 Å². The molecule has 2 aromatic rings. The summed E-state index contributed by atoms with van der Waals surface area (Å²) in [6, 6.07) is 17.0. The zero-order chi connectivity index (χ0) is 16.8. The molecule has 2 N–H and O–H groups in total. The van der Waals surface area contributed by atoms with Crippen molar-refractivity contribution in [2.24, 2.45) is 0 Å². The summed E-state index contributed by atoms with van der Waals surface area (Å²) >= 11 is 0. The van der Waals surface area contributed by atoms with Gasteiger partial charge >= 0.3 is 0 Å². The number of carbonyl (C=O) groups is 1. The van der Waals surface area contributed by atoms with Gasteiger partial charge in [-0.1, -0.05) is 36.4 Å².